The van der Waals surface area contributed by atoms with E-state index >= 15 is 0 Å². The number of anilines is 2. The van der Waals surface area contributed by atoms with Gasteiger partial charge in [0.05, 0.1) is 17.4 Å². The van der Waals surface area contributed by atoms with Crippen LogP contribution in [0.1, 0.15) is 19.4 Å². The van der Waals surface area contributed by atoms with Crippen LogP contribution in [-0.4, -0.2) is 17.9 Å². The number of benzene rings is 1. The molecule has 0 spiro atoms. The third-order valence-electron chi connectivity index (χ3n) is 2.78. The molecule has 0 bridgehead atoms. The number of rotatable bonds is 1. The zero-order valence-electron chi connectivity index (χ0n) is 8.99. The molecule has 80 valence electrons. The molecule has 1 aliphatic rings. The maximum Gasteiger partial charge on any atom is 0.128 e. The van der Waals surface area contributed by atoms with Crippen LogP contribution in [0.25, 0.3) is 0 Å². The van der Waals surface area contributed by atoms with E-state index in [0.717, 1.165) is 11.4 Å². The van der Waals surface area contributed by atoms with Gasteiger partial charge >= 0.3 is 0 Å². The van der Waals surface area contributed by atoms with Gasteiger partial charge in [0.2, 0.25) is 0 Å². The van der Waals surface area contributed by atoms with Crippen molar-refractivity contribution in [2.24, 2.45) is 4.99 Å². The van der Waals surface area contributed by atoms with E-state index in [2.05, 4.69) is 24.2 Å². The van der Waals surface area contributed by atoms with E-state index in [1.54, 1.807) is 0 Å². The Morgan fingerprint density at radius 1 is 1.20 bits per heavy atom. The number of nitrogens with one attached hydrogen (secondary N) is 1. The van der Waals surface area contributed by atoms with Crippen LogP contribution >= 0.6 is 0 Å². The van der Waals surface area contributed by atoms with Crippen LogP contribution in [0, 0.1) is 0 Å². The average molecular weight is 204 g/mol. The molecule has 1 aliphatic heterocycles. The minimum atomic E-state index is 0.304. The highest BCUT2D eigenvalue weighted by molar-refractivity contribution is 6.01. The molecular formula is C11H16N4. The van der Waals surface area contributed by atoms with Crippen LogP contribution < -0.4 is 16.8 Å². The molecule has 1 heterocycles. The largest absolute Gasteiger partial charge is 0.397 e. The van der Waals surface area contributed by atoms with Gasteiger partial charge in [0, 0.05) is 11.6 Å². The van der Waals surface area contributed by atoms with Gasteiger partial charge in [-0.15, -0.1) is 0 Å². The Balaban J connectivity index is 2.32. The smallest absolute Gasteiger partial charge is 0.128 e. The van der Waals surface area contributed by atoms with Gasteiger partial charge in [-0.3, -0.25) is 4.99 Å². The summed E-state index contributed by atoms with van der Waals surface area (Å²) in [6.07, 6.45) is 0. The van der Waals surface area contributed by atoms with Crippen molar-refractivity contribution >= 4 is 17.2 Å². The molecule has 2 unspecified atom stereocenters. The number of aliphatic imine (C=N–C) groups is 1. The van der Waals surface area contributed by atoms with Crippen molar-refractivity contribution in [3.8, 4) is 0 Å². The highest BCUT2D eigenvalue weighted by Gasteiger charge is 2.21. The second-order valence-corrected chi connectivity index (χ2v) is 4.00. The summed E-state index contributed by atoms with van der Waals surface area (Å²) < 4.78 is 0. The maximum absolute atomic E-state index is 5.75. The van der Waals surface area contributed by atoms with Gasteiger partial charge in [0.25, 0.3) is 0 Å². The van der Waals surface area contributed by atoms with Crippen LogP contribution in [0.3, 0.4) is 0 Å². The normalized spacial score (nSPS) is 24.8. The molecule has 2 atom stereocenters. The average Bonchev–Trinajstić information content (AvgIpc) is 2.52. The zero-order valence-corrected chi connectivity index (χ0v) is 8.99. The summed E-state index contributed by atoms with van der Waals surface area (Å²) >= 11 is 0. The third kappa shape index (κ3) is 1.75. The summed E-state index contributed by atoms with van der Waals surface area (Å²) in [7, 11) is 0. The standard InChI is InChI=1S/C11H16N4/c1-6-7(2)15-11(14-6)8-3-4-9(12)10(13)5-8/h3-7H,12-13H2,1-2H3,(H,14,15). The number of nitrogens with zero attached hydrogens (tertiary/aromatic N) is 1. The van der Waals surface area contributed by atoms with Crippen molar-refractivity contribution in [2.75, 3.05) is 11.5 Å². The van der Waals surface area contributed by atoms with Crippen LogP contribution in [-0.2, 0) is 0 Å². The molecule has 15 heavy (non-hydrogen) atoms. The van der Waals surface area contributed by atoms with Crippen LogP contribution in [0.5, 0.6) is 0 Å². The summed E-state index contributed by atoms with van der Waals surface area (Å²) in [4.78, 5) is 4.52. The highest BCUT2D eigenvalue weighted by Crippen LogP contribution is 2.18. The molecule has 0 aromatic heterocycles. The molecule has 4 heteroatoms. The lowest BCUT2D eigenvalue weighted by Crippen LogP contribution is -2.30. The van der Waals surface area contributed by atoms with Crippen molar-refractivity contribution in [1.29, 1.82) is 0 Å². The van der Waals surface area contributed by atoms with E-state index in [1.165, 1.54) is 0 Å². The monoisotopic (exact) mass is 204 g/mol. The maximum atomic E-state index is 5.75. The van der Waals surface area contributed by atoms with Gasteiger partial charge in [0.15, 0.2) is 0 Å². The predicted molar refractivity (Wildman–Crippen MR) is 63.9 cm³/mol. The summed E-state index contributed by atoms with van der Waals surface area (Å²) in [5.74, 6) is 0.904. The van der Waals surface area contributed by atoms with Gasteiger partial charge < -0.3 is 16.8 Å². The van der Waals surface area contributed by atoms with Crippen molar-refractivity contribution in [3.05, 3.63) is 23.8 Å². The van der Waals surface area contributed by atoms with Crippen molar-refractivity contribution in [2.45, 2.75) is 25.9 Å². The van der Waals surface area contributed by atoms with E-state index in [0.29, 0.717) is 23.5 Å². The van der Waals surface area contributed by atoms with Crippen LogP contribution in [0.4, 0.5) is 11.4 Å². The van der Waals surface area contributed by atoms with Gasteiger partial charge in [-0.2, -0.15) is 0 Å². The Morgan fingerprint density at radius 2 is 1.93 bits per heavy atom. The number of nitrogen functional groups attached to an aromatic ring is 2. The van der Waals surface area contributed by atoms with E-state index < -0.39 is 0 Å². The van der Waals surface area contributed by atoms with Crippen molar-refractivity contribution in [1.82, 2.24) is 5.32 Å². The van der Waals surface area contributed by atoms with Gasteiger partial charge in [-0.1, -0.05) is 0 Å². The summed E-state index contributed by atoms with van der Waals surface area (Å²) in [6, 6.07) is 6.27. The molecular weight excluding hydrogens is 188 g/mol. The lowest BCUT2D eigenvalue weighted by Gasteiger charge is -2.09. The molecule has 0 radical (unpaired) electrons. The fourth-order valence-electron chi connectivity index (χ4n) is 1.57. The number of amidine groups is 1. The topological polar surface area (TPSA) is 76.4 Å². The van der Waals surface area contributed by atoms with Gasteiger partial charge in [0.1, 0.15) is 5.84 Å². The lowest BCUT2D eigenvalue weighted by molar-refractivity contribution is 0.601. The molecule has 4 nitrogen and oxygen atoms in total. The van der Waals surface area contributed by atoms with Crippen LogP contribution in [0.15, 0.2) is 23.2 Å². The van der Waals surface area contributed by atoms with E-state index in [4.69, 9.17) is 11.5 Å². The van der Waals surface area contributed by atoms with E-state index in [9.17, 15) is 0 Å². The summed E-state index contributed by atoms with van der Waals surface area (Å²) in [5.41, 5.74) is 13.6. The quantitative estimate of drug-likeness (QED) is 0.597. The minimum Gasteiger partial charge on any atom is -0.397 e. The SMILES string of the molecule is CC1N=C(c2ccc(N)c(N)c2)NC1C. The fraction of sp³-hybridized carbons (Fsp3) is 0.364. The van der Waals surface area contributed by atoms with Gasteiger partial charge in [-0.25, -0.2) is 0 Å². The minimum absolute atomic E-state index is 0.304. The Labute approximate surface area is 89.4 Å². The molecule has 0 fully saturated rings. The van der Waals surface area contributed by atoms with Gasteiger partial charge in [-0.05, 0) is 32.0 Å². The van der Waals surface area contributed by atoms with Crippen LogP contribution in [0.2, 0.25) is 0 Å². The summed E-state index contributed by atoms with van der Waals surface area (Å²) in [5, 5.41) is 3.32. The molecule has 2 rings (SSSR count). The first-order valence-corrected chi connectivity index (χ1v) is 5.07. The van der Waals surface area contributed by atoms with E-state index in [1.807, 2.05) is 18.2 Å². The zero-order chi connectivity index (χ0) is 11.0. The number of hydrogen-bond acceptors (Lipinski definition) is 4. The third-order valence-corrected chi connectivity index (χ3v) is 2.78. The Hall–Kier alpha value is -1.71. The lowest BCUT2D eigenvalue weighted by atomic mass is 10.1. The second-order valence-electron chi connectivity index (χ2n) is 4.00. The first-order chi connectivity index (χ1) is 7.08. The molecule has 5 N–H and O–H groups in total. The Bertz CT molecular complexity index is 411. The number of hydrogen-bond donors (Lipinski definition) is 3. The molecule has 0 amide bonds. The molecule has 0 saturated heterocycles. The second kappa shape index (κ2) is 3.46. The first-order valence-electron chi connectivity index (χ1n) is 5.07. The molecule has 0 saturated carbocycles. The fourth-order valence-corrected chi connectivity index (χ4v) is 1.57. The van der Waals surface area contributed by atoms with E-state index in [-0.39, 0.29) is 0 Å². The Morgan fingerprint density at radius 3 is 2.47 bits per heavy atom. The molecule has 1 aromatic carbocycles. The Kier molecular flexibility index (Phi) is 2.26. The molecule has 1 aromatic rings. The molecule has 0 aliphatic carbocycles. The predicted octanol–water partition coefficient (Wildman–Crippen LogP) is 0.978. The number of nitrogens with two attached hydrogens (primary N) is 2. The van der Waals surface area contributed by atoms with Crippen molar-refractivity contribution in [3.63, 3.8) is 0 Å². The highest BCUT2D eigenvalue weighted by atomic mass is 15.1. The van der Waals surface area contributed by atoms with Crippen molar-refractivity contribution < 1.29 is 0 Å². The first kappa shape index (κ1) is 9.83. The summed E-state index contributed by atoms with van der Waals surface area (Å²) in [6.45, 7) is 4.20.